The number of carbonyl (C=O) groups excluding carboxylic acids is 7. The monoisotopic (exact) mass is 690 g/mol. The van der Waals surface area contributed by atoms with E-state index in [9.17, 15) is 38.7 Å². The molecule has 270 valence electrons. The van der Waals surface area contributed by atoms with Gasteiger partial charge in [-0.25, -0.2) is 9.59 Å². The number of imide groups is 2. The number of esters is 1. The fraction of sp³-hybridized carbons (Fsp3) is 0.788. The van der Waals surface area contributed by atoms with E-state index >= 15 is 0 Å². The van der Waals surface area contributed by atoms with Gasteiger partial charge in [0, 0.05) is 43.5 Å². The van der Waals surface area contributed by atoms with Crippen LogP contribution >= 0.6 is 0 Å². The first-order valence-corrected chi connectivity index (χ1v) is 17.2. The molecule has 2 unspecified atom stereocenters. The Morgan fingerprint density at radius 2 is 1.10 bits per heavy atom. The summed E-state index contributed by atoms with van der Waals surface area (Å²) in [6.45, 7) is 5.54. The number of carbonyl (C=O) groups is 7. The molecule has 2 radical (unpaired) electrons. The number of amides is 4. The van der Waals surface area contributed by atoms with E-state index in [1.165, 1.54) is 0 Å². The van der Waals surface area contributed by atoms with Crippen LogP contribution < -0.4 is 0 Å². The van der Waals surface area contributed by atoms with Crippen LogP contribution in [0.2, 0.25) is 0 Å². The first-order valence-electron chi connectivity index (χ1n) is 17.2. The molecule has 4 amide bonds. The van der Waals surface area contributed by atoms with E-state index in [0.717, 1.165) is 0 Å². The van der Waals surface area contributed by atoms with Crippen LogP contribution in [-0.2, 0) is 57.4 Å². The fourth-order valence-electron chi connectivity index (χ4n) is 6.38. The second-order valence-corrected chi connectivity index (χ2v) is 14.2. The molecule has 49 heavy (non-hydrogen) atoms. The van der Waals surface area contributed by atoms with Crippen LogP contribution in [0.15, 0.2) is 0 Å². The van der Waals surface area contributed by atoms with Crippen LogP contribution in [0.1, 0.15) is 111 Å². The average molecular weight is 691 g/mol. The van der Waals surface area contributed by atoms with Crippen molar-refractivity contribution >= 4 is 49.4 Å². The van der Waals surface area contributed by atoms with Gasteiger partial charge in [0.2, 0.25) is 0 Å². The maximum Gasteiger partial charge on any atom is 0.336 e. The maximum absolute atomic E-state index is 12.9. The van der Waals surface area contributed by atoms with E-state index in [-0.39, 0.29) is 57.2 Å². The number of ether oxygens (including phenoxy) is 3. The Labute approximate surface area is 286 Å². The van der Waals surface area contributed by atoms with Crippen LogP contribution in [0.4, 0.5) is 0 Å². The zero-order chi connectivity index (χ0) is 35.9. The molecule has 2 saturated carbocycles. The minimum absolute atomic E-state index is 0.0253. The predicted octanol–water partition coefficient (Wildman–Crippen LogP) is 2.15. The molecule has 2 heterocycles. The van der Waals surface area contributed by atoms with Crippen molar-refractivity contribution in [3.8, 4) is 0 Å². The molecule has 1 N–H and O–H groups in total. The summed E-state index contributed by atoms with van der Waals surface area (Å²) in [5, 5.41) is 11.7. The molecule has 4 aliphatic rings. The smallest absolute Gasteiger partial charge is 0.336 e. The van der Waals surface area contributed by atoms with Gasteiger partial charge in [-0.2, -0.15) is 0 Å². The molecule has 0 aromatic heterocycles. The summed E-state index contributed by atoms with van der Waals surface area (Å²) >= 11 is 0. The highest BCUT2D eigenvalue weighted by Gasteiger charge is 2.39. The summed E-state index contributed by atoms with van der Waals surface area (Å²) < 4.78 is 17.3. The standard InChI is InChI=1S/C33H47BN2O13/c1-32(2,47-29(42)21-6-10-23(11-7-21)31(44)49-36-26(39)14-15-27(36)40)16-19-46-33(3,34)17-18-45-28(41)20-4-8-22(9-5-20)30(43)48-35-24(37)12-13-25(35)38/h20-23,28,41H,4-19H2,1-3H3. The molecule has 4 rings (SSSR count). The van der Waals surface area contributed by atoms with Gasteiger partial charge in [-0.05, 0) is 78.6 Å². The highest BCUT2D eigenvalue weighted by atomic mass is 16.7. The van der Waals surface area contributed by atoms with Crippen LogP contribution in [0, 0.1) is 23.7 Å². The molecule has 2 atom stereocenters. The Bertz CT molecular complexity index is 1240. The van der Waals surface area contributed by atoms with Crippen molar-refractivity contribution in [3.05, 3.63) is 0 Å². The Morgan fingerprint density at radius 3 is 1.55 bits per heavy atom. The Morgan fingerprint density at radius 1 is 0.694 bits per heavy atom. The van der Waals surface area contributed by atoms with Crippen LogP contribution in [-0.4, -0.2) is 95.2 Å². The summed E-state index contributed by atoms with van der Waals surface area (Å²) in [5.41, 5.74) is -1.93. The molecule has 15 nitrogen and oxygen atoms in total. The van der Waals surface area contributed by atoms with Gasteiger partial charge < -0.3 is 29.0 Å². The average Bonchev–Trinajstić information content (AvgIpc) is 3.54. The molecule has 0 bridgehead atoms. The lowest BCUT2D eigenvalue weighted by atomic mass is 9.80. The number of hydrogen-bond acceptors (Lipinski definition) is 13. The van der Waals surface area contributed by atoms with E-state index in [2.05, 4.69) is 0 Å². The molecule has 0 spiro atoms. The van der Waals surface area contributed by atoms with Crippen LogP contribution in [0.3, 0.4) is 0 Å². The topological polar surface area (TPSA) is 192 Å². The molecule has 4 fully saturated rings. The summed E-state index contributed by atoms with van der Waals surface area (Å²) in [4.78, 5) is 94.7. The van der Waals surface area contributed by atoms with Crippen molar-refractivity contribution in [2.75, 3.05) is 13.2 Å². The number of hydroxylamine groups is 4. The van der Waals surface area contributed by atoms with Crippen LogP contribution in [0.5, 0.6) is 0 Å². The summed E-state index contributed by atoms with van der Waals surface area (Å²) in [7, 11) is 6.30. The third-order valence-corrected chi connectivity index (χ3v) is 9.68. The SMILES string of the molecule is [B]C(C)(CCOC(O)C1CCC(C(=O)ON2C(=O)CCC2=O)CC1)OCCC(C)(C)OC(=O)C1CCC(C(=O)ON2C(=O)CCC2=O)CC1. The van der Waals surface area contributed by atoms with Crippen molar-refractivity contribution in [1.29, 1.82) is 0 Å². The van der Waals surface area contributed by atoms with Gasteiger partial charge in [-0.1, -0.05) is 0 Å². The Kier molecular flexibility index (Phi) is 13.0. The molecule has 16 heteroatoms. The van der Waals surface area contributed by atoms with Gasteiger partial charge in [0.15, 0.2) is 6.29 Å². The Hall–Kier alpha value is -3.37. The molecular formula is C33H47BN2O13. The van der Waals surface area contributed by atoms with Gasteiger partial charge in [-0.15, -0.1) is 10.1 Å². The third-order valence-electron chi connectivity index (χ3n) is 9.68. The fourth-order valence-corrected chi connectivity index (χ4v) is 6.38. The van der Waals surface area contributed by atoms with Crippen LogP contribution in [0.25, 0.3) is 0 Å². The van der Waals surface area contributed by atoms with Crippen molar-refractivity contribution in [1.82, 2.24) is 10.1 Å². The number of aliphatic hydroxyl groups excluding tert-OH is 1. The normalized spacial score (nSPS) is 26.8. The lowest BCUT2D eigenvalue weighted by molar-refractivity contribution is -0.202. The van der Waals surface area contributed by atoms with Gasteiger partial charge in [0.05, 0.1) is 31.0 Å². The van der Waals surface area contributed by atoms with Crippen molar-refractivity contribution in [2.45, 2.75) is 128 Å². The first-order chi connectivity index (χ1) is 23.0. The second kappa shape index (κ2) is 16.6. The Balaban J connectivity index is 1.08. The number of rotatable bonds is 15. The summed E-state index contributed by atoms with van der Waals surface area (Å²) in [6.07, 6.45) is 3.14. The number of aliphatic hydroxyl groups is 1. The lowest BCUT2D eigenvalue weighted by Gasteiger charge is -2.33. The molecule has 2 aliphatic heterocycles. The third kappa shape index (κ3) is 10.8. The van der Waals surface area contributed by atoms with Gasteiger partial charge in [-0.3, -0.25) is 24.0 Å². The van der Waals surface area contributed by atoms with Crippen molar-refractivity contribution < 1.29 is 62.6 Å². The summed E-state index contributed by atoms with van der Waals surface area (Å²) in [5.74, 6) is -5.31. The lowest BCUT2D eigenvalue weighted by Crippen LogP contribution is -2.38. The van der Waals surface area contributed by atoms with E-state index < -0.39 is 70.7 Å². The molecule has 0 aromatic carbocycles. The van der Waals surface area contributed by atoms with E-state index in [1.54, 1.807) is 20.8 Å². The zero-order valence-electron chi connectivity index (χ0n) is 28.5. The number of hydrogen-bond donors (Lipinski definition) is 1. The molecule has 2 aliphatic carbocycles. The quantitative estimate of drug-likeness (QED) is 0.114. The summed E-state index contributed by atoms with van der Waals surface area (Å²) in [6, 6.07) is 0. The second-order valence-electron chi connectivity index (χ2n) is 14.2. The first kappa shape index (κ1) is 38.4. The largest absolute Gasteiger partial charge is 0.459 e. The number of nitrogens with zero attached hydrogens (tertiary/aromatic N) is 2. The minimum atomic E-state index is -1.08. The molecule has 2 saturated heterocycles. The maximum atomic E-state index is 12.9. The predicted molar refractivity (Wildman–Crippen MR) is 167 cm³/mol. The highest BCUT2D eigenvalue weighted by molar-refractivity contribution is 6.14. The van der Waals surface area contributed by atoms with Gasteiger partial charge in [0.1, 0.15) is 13.4 Å². The van der Waals surface area contributed by atoms with E-state index in [4.69, 9.17) is 31.7 Å². The van der Waals surface area contributed by atoms with E-state index in [0.29, 0.717) is 67.9 Å². The van der Waals surface area contributed by atoms with Gasteiger partial charge >= 0.3 is 17.9 Å². The highest BCUT2D eigenvalue weighted by Crippen LogP contribution is 2.34. The minimum Gasteiger partial charge on any atom is -0.459 e. The molecular weight excluding hydrogens is 643 g/mol. The van der Waals surface area contributed by atoms with Crippen molar-refractivity contribution in [2.24, 2.45) is 23.7 Å². The zero-order valence-corrected chi connectivity index (χ0v) is 28.5. The molecule has 0 aromatic rings. The van der Waals surface area contributed by atoms with E-state index in [1.807, 2.05) is 0 Å². The van der Waals surface area contributed by atoms with Gasteiger partial charge in [0.25, 0.3) is 23.6 Å². The van der Waals surface area contributed by atoms with Crippen molar-refractivity contribution in [3.63, 3.8) is 0 Å².